The Morgan fingerprint density at radius 3 is 1.07 bits per heavy atom. The molecule has 0 aromatic carbocycles. The Labute approximate surface area is 385 Å². The van der Waals surface area contributed by atoms with Crippen molar-refractivity contribution in [2.24, 2.45) is 0 Å². The van der Waals surface area contributed by atoms with Crippen molar-refractivity contribution in [3.05, 3.63) is 0 Å². The molecular weight excluding hydrogens is 783 g/mol. The van der Waals surface area contributed by atoms with E-state index in [0.717, 1.165) is 57.8 Å². The number of carboxylic acids is 3. The van der Waals surface area contributed by atoms with Gasteiger partial charge in [-0.3, -0.25) is 19.2 Å². The van der Waals surface area contributed by atoms with Crippen LogP contribution in [-0.4, -0.2) is 80.7 Å². The Morgan fingerprint density at radius 2 is 0.733 bits per heavy atom. The molecule has 14 heteroatoms. The van der Waals surface area contributed by atoms with Crippen LogP contribution in [0.1, 0.15) is 234 Å². The van der Waals surface area contributed by atoms with E-state index in [0.29, 0.717) is 12.8 Å². The molecule has 0 rings (SSSR count). The van der Waals surface area contributed by atoms with Crippen LogP contribution in [0.4, 0.5) is 0 Å². The number of unbranched alkanes of at least 4 members (excludes halogenated alkanes) is 28. The molecule has 2 atom stereocenters. The quantitative estimate of drug-likeness (QED) is 0.0200. The Bertz CT molecular complexity index is 1160. The Balaban J connectivity index is -0.0000168. The maximum Gasteiger partial charge on any atom is 1.00 e. The normalized spacial score (nSPS) is 13.1. The van der Waals surface area contributed by atoms with Gasteiger partial charge in [0.15, 0.2) is 11.2 Å². The molecule has 0 radical (unpaired) electrons. The van der Waals surface area contributed by atoms with Crippen molar-refractivity contribution in [3.8, 4) is 0 Å². The predicted octanol–water partition coefficient (Wildman–Crippen LogP) is 7.76. The number of ether oxygens (including phenoxy) is 3. The first-order valence-corrected chi connectivity index (χ1v) is 23.3. The first-order valence-electron chi connectivity index (χ1n) is 23.3. The summed E-state index contributed by atoms with van der Waals surface area (Å²) in [4.78, 5) is 73.2. The van der Waals surface area contributed by atoms with Gasteiger partial charge in [0.2, 0.25) is 0 Å². The number of hydrogen-bond donors (Lipinski definition) is 4. The van der Waals surface area contributed by atoms with Crippen LogP contribution >= 0.6 is 0 Å². The number of carboxylic acid groups (broad SMARTS) is 3. The largest absolute Gasteiger partial charge is 1.00 e. The van der Waals surface area contributed by atoms with Crippen molar-refractivity contribution in [2.75, 3.05) is 13.2 Å². The number of esters is 3. The van der Waals surface area contributed by atoms with E-state index >= 15 is 0 Å². The molecule has 60 heavy (non-hydrogen) atoms. The van der Waals surface area contributed by atoms with E-state index in [-0.39, 0.29) is 44.2 Å². The maximum atomic E-state index is 12.9. The van der Waals surface area contributed by atoms with Gasteiger partial charge in [0.1, 0.15) is 0 Å². The van der Waals surface area contributed by atoms with Gasteiger partial charge in [0, 0.05) is 6.61 Å². The van der Waals surface area contributed by atoms with E-state index in [1.807, 2.05) is 0 Å². The molecule has 346 valence electrons. The molecule has 0 amide bonds. The van der Waals surface area contributed by atoms with Gasteiger partial charge in [-0.05, 0) is 12.8 Å². The van der Waals surface area contributed by atoms with Crippen LogP contribution < -0.4 is 29.6 Å². The Kier molecular flexibility index (Phi) is 39.8. The number of carbonyl (C=O) groups is 6. The second-order valence-electron chi connectivity index (χ2n) is 16.6. The summed E-state index contributed by atoms with van der Waals surface area (Å²) in [6, 6.07) is 0. The van der Waals surface area contributed by atoms with Gasteiger partial charge in [-0.2, -0.15) is 0 Å². The molecule has 0 saturated carbocycles. The van der Waals surface area contributed by atoms with Crippen LogP contribution in [0.15, 0.2) is 0 Å². The minimum atomic E-state index is -3.06. The van der Waals surface area contributed by atoms with Gasteiger partial charge >= 0.3 is 65.4 Å². The zero-order valence-corrected chi connectivity index (χ0v) is 39.9. The monoisotopic (exact) mass is 867 g/mol. The third kappa shape index (κ3) is 33.6. The van der Waals surface area contributed by atoms with E-state index in [1.165, 1.54) is 122 Å². The first kappa shape index (κ1) is 60.0. The molecule has 4 N–H and O–H groups in total. The van der Waals surface area contributed by atoms with Gasteiger partial charge in [-0.1, -0.05) is 194 Å². The second kappa shape index (κ2) is 39.8. The average molecular weight is 867 g/mol. The molecule has 2 unspecified atom stereocenters. The van der Waals surface area contributed by atoms with Crippen LogP contribution in [0, 0.1) is 0 Å². The van der Waals surface area contributed by atoms with Crippen molar-refractivity contribution >= 4 is 35.8 Å². The van der Waals surface area contributed by atoms with Crippen molar-refractivity contribution in [2.45, 2.75) is 243 Å². The molecule has 0 bridgehead atoms. The van der Waals surface area contributed by atoms with Crippen LogP contribution in [0.25, 0.3) is 0 Å². The van der Waals surface area contributed by atoms with Crippen LogP contribution in [0.5, 0.6) is 0 Å². The molecule has 0 aromatic heterocycles. The summed E-state index contributed by atoms with van der Waals surface area (Å²) in [6.45, 7) is 4.42. The minimum Gasteiger partial charge on any atom is -1.00 e. The van der Waals surface area contributed by atoms with Gasteiger partial charge in [0.05, 0.1) is 32.3 Å². The van der Waals surface area contributed by atoms with Gasteiger partial charge in [-0.15, -0.1) is 0 Å². The van der Waals surface area contributed by atoms with Crippen molar-refractivity contribution in [1.29, 1.82) is 0 Å². The molecule has 0 saturated heterocycles. The van der Waals surface area contributed by atoms with Crippen LogP contribution in [0.2, 0.25) is 0 Å². The summed E-state index contributed by atoms with van der Waals surface area (Å²) in [7, 11) is 0. The van der Waals surface area contributed by atoms with Gasteiger partial charge in [-0.25, -0.2) is 9.59 Å². The fourth-order valence-electron chi connectivity index (χ4n) is 7.20. The maximum absolute atomic E-state index is 12.9. The summed E-state index contributed by atoms with van der Waals surface area (Å²) >= 11 is 0. The zero-order valence-electron chi connectivity index (χ0n) is 38.9. The minimum absolute atomic E-state index is 0. The van der Waals surface area contributed by atoms with E-state index in [9.17, 15) is 44.1 Å². The number of carbonyl (C=O) groups excluding carboxylic acids is 3. The number of aliphatic hydroxyl groups is 1. The molecule has 0 spiro atoms. The summed E-state index contributed by atoms with van der Waals surface area (Å²) in [6.07, 6.45) is 29.9. The molecule has 0 heterocycles. The SMILES string of the molecule is CCCCCCCCCCCCCCCCCCOC(CC(=O)OCCCCCCCCCCCCCCCC)(CC(=O)OC(=O)CC(O)(CC(=O)O)C(=O)O)C(=O)O.[H-].[Na+]. The second-order valence-corrected chi connectivity index (χ2v) is 16.6. The smallest absolute Gasteiger partial charge is 1.00 e. The van der Waals surface area contributed by atoms with Crippen LogP contribution in [0.3, 0.4) is 0 Å². The van der Waals surface area contributed by atoms with Crippen molar-refractivity contribution in [3.63, 3.8) is 0 Å². The fraction of sp³-hybridized carbons (Fsp3) is 0.870. The predicted molar refractivity (Wildman–Crippen MR) is 228 cm³/mol. The summed E-state index contributed by atoms with van der Waals surface area (Å²) in [5.74, 6) is -9.33. The summed E-state index contributed by atoms with van der Waals surface area (Å²) < 4.78 is 15.7. The van der Waals surface area contributed by atoms with Crippen molar-refractivity contribution < 1.29 is 94.4 Å². The fourth-order valence-corrected chi connectivity index (χ4v) is 7.20. The molecule has 0 aliphatic rings. The van der Waals surface area contributed by atoms with E-state index in [2.05, 4.69) is 18.6 Å². The first-order chi connectivity index (χ1) is 28.3. The zero-order chi connectivity index (χ0) is 44.0. The van der Waals surface area contributed by atoms with Gasteiger partial charge in [0.25, 0.3) is 0 Å². The molecule has 0 aromatic rings. The molecule has 13 nitrogen and oxygen atoms in total. The Hall–Kier alpha value is -2.06. The molecule has 0 aliphatic heterocycles. The summed E-state index contributed by atoms with van der Waals surface area (Å²) in [5, 5.41) is 38.6. The summed E-state index contributed by atoms with van der Waals surface area (Å²) in [5.41, 5.74) is -5.50. The number of hydrogen-bond acceptors (Lipinski definition) is 10. The standard InChI is InChI=1S/C46H82O13.Na.H/c1-3-5-7-9-11-13-15-17-19-20-22-24-26-28-30-32-34-58-46(44(54)55,38-42(51)59-41(50)36-45(56,43(52)53)35-39(47)48)37-40(49)57-33-31-29-27-25-23-21-18-16-14-12-10-8-6-4-2;;/h56H,3-38H2,1-2H3,(H,47,48)(H,52,53)(H,54,55);;/q;+1;-1. The topological polar surface area (TPSA) is 211 Å². The van der Waals surface area contributed by atoms with Gasteiger partial charge < -0.3 is 36.1 Å². The van der Waals surface area contributed by atoms with Crippen LogP contribution in [-0.2, 0) is 43.0 Å². The van der Waals surface area contributed by atoms with E-state index in [1.54, 1.807) is 0 Å². The molecule has 0 fully saturated rings. The Morgan fingerprint density at radius 1 is 0.417 bits per heavy atom. The number of aliphatic carboxylic acids is 3. The average Bonchev–Trinajstić information content (AvgIpc) is 3.16. The molecule has 0 aliphatic carbocycles. The number of rotatable bonds is 43. The van der Waals surface area contributed by atoms with E-state index < -0.39 is 72.7 Å². The third-order valence-corrected chi connectivity index (χ3v) is 10.9. The molecular formula is C46H83NaO13. The van der Waals surface area contributed by atoms with Crippen molar-refractivity contribution in [1.82, 2.24) is 0 Å². The third-order valence-electron chi connectivity index (χ3n) is 10.9. The van der Waals surface area contributed by atoms with E-state index in [4.69, 9.17) is 14.6 Å².